The molecule has 24 heavy (non-hydrogen) atoms. The molecule has 0 bridgehead atoms. The number of rotatable bonds is 3. The number of likely N-dealkylation sites (tertiary alicyclic amines) is 1. The standard InChI is InChI=1S/C17H24BrN3O3/c1-17(2,3)24-16(23)20-14-6-4-5-7-21(15(14)22)11-12-8-13(18)10-19-9-12/h8-10,14H,4-7,11H2,1-3H3,(H,20,23)/t14-/m0/s1. The molecule has 1 aliphatic rings. The Balaban J connectivity index is 2.03. The number of aromatic nitrogens is 1. The van der Waals surface area contributed by atoms with Crippen molar-refractivity contribution in [2.75, 3.05) is 6.54 Å². The summed E-state index contributed by atoms with van der Waals surface area (Å²) in [5.74, 6) is -0.0710. The number of nitrogens with one attached hydrogen (secondary N) is 1. The number of halogens is 1. The number of carbonyl (C=O) groups excluding carboxylic acids is 2. The lowest BCUT2D eigenvalue weighted by Gasteiger charge is -2.26. The molecule has 1 atom stereocenters. The fourth-order valence-corrected chi connectivity index (χ4v) is 3.02. The predicted molar refractivity (Wildman–Crippen MR) is 94.4 cm³/mol. The molecule has 0 saturated carbocycles. The van der Waals surface area contributed by atoms with Crippen LogP contribution in [-0.2, 0) is 16.1 Å². The molecule has 2 amide bonds. The minimum absolute atomic E-state index is 0.0710. The Labute approximate surface area is 151 Å². The summed E-state index contributed by atoms with van der Waals surface area (Å²) in [6.07, 6.45) is 5.34. The maximum Gasteiger partial charge on any atom is 0.408 e. The van der Waals surface area contributed by atoms with Crippen molar-refractivity contribution >= 4 is 27.9 Å². The van der Waals surface area contributed by atoms with Gasteiger partial charge in [0, 0.05) is 30.0 Å². The second-order valence-electron chi connectivity index (χ2n) is 6.97. The van der Waals surface area contributed by atoms with Crippen molar-refractivity contribution in [1.29, 1.82) is 0 Å². The Morgan fingerprint density at radius 1 is 1.42 bits per heavy atom. The van der Waals surface area contributed by atoms with Crippen molar-refractivity contribution in [3.63, 3.8) is 0 Å². The first-order valence-corrected chi connectivity index (χ1v) is 8.91. The van der Waals surface area contributed by atoms with E-state index in [2.05, 4.69) is 26.2 Å². The lowest BCUT2D eigenvalue weighted by molar-refractivity contribution is -0.133. The summed E-state index contributed by atoms with van der Waals surface area (Å²) in [7, 11) is 0. The maximum absolute atomic E-state index is 12.8. The van der Waals surface area contributed by atoms with E-state index in [0.717, 1.165) is 22.9 Å². The zero-order chi connectivity index (χ0) is 17.7. The van der Waals surface area contributed by atoms with E-state index in [-0.39, 0.29) is 5.91 Å². The van der Waals surface area contributed by atoms with E-state index in [0.29, 0.717) is 19.5 Å². The molecule has 2 heterocycles. The lowest BCUT2D eigenvalue weighted by atomic mass is 10.1. The zero-order valence-corrected chi connectivity index (χ0v) is 15.9. The van der Waals surface area contributed by atoms with Crippen LogP contribution in [0.5, 0.6) is 0 Å². The number of hydrogen-bond acceptors (Lipinski definition) is 4. The maximum atomic E-state index is 12.8. The van der Waals surface area contributed by atoms with Crippen molar-refractivity contribution < 1.29 is 14.3 Å². The Morgan fingerprint density at radius 3 is 2.83 bits per heavy atom. The normalized spacial score (nSPS) is 18.9. The third-order valence-corrected chi connectivity index (χ3v) is 4.04. The highest BCUT2D eigenvalue weighted by Gasteiger charge is 2.29. The zero-order valence-electron chi connectivity index (χ0n) is 14.3. The van der Waals surface area contributed by atoms with Crippen LogP contribution in [0.1, 0.15) is 45.6 Å². The van der Waals surface area contributed by atoms with Crippen molar-refractivity contribution in [1.82, 2.24) is 15.2 Å². The van der Waals surface area contributed by atoms with Crippen LogP contribution < -0.4 is 5.32 Å². The topological polar surface area (TPSA) is 71.5 Å². The molecule has 0 unspecified atom stereocenters. The molecule has 1 aliphatic heterocycles. The van der Waals surface area contributed by atoms with Gasteiger partial charge in [-0.25, -0.2) is 4.79 Å². The van der Waals surface area contributed by atoms with Crippen LogP contribution in [-0.4, -0.2) is 40.1 Å². The molecule has 0 radical (unpaired) electrons. The van der Waals surface area contributed by atoms with E-state index in [1.807, 2.05) is 6.07 Å². The van der Waals surface area contributed by atoms with Crippen LogP contribution >= 0.6 is 15.9 Å². The van der Waals surface area contributed by atoms with Crippen LogP contribution in [0.25, 0.3) is 0 Å². The monoisotopic (exact) mass is 397 g/mol. The van der Waals surface area contributed by atoms with Crippen LogP contribution in [0, 0.1) is 0 Å². The minimum atomic E-state index is -0.584. The Hall–Kier alpha value is -1.63. The number of pyridine rings is 1. The molecule has 1 N–H and O–H groups in total. The highest BCUT2D eigenvalue weighted by molar-refractivity contribution is 9.10. The molecule has 0 aromatic carbocycles. The molecule has 6 nitrogen and oxygen atoms in total. The van der Waals surface area contributed by atoms with Gasteiger partial charge in [0.2, 0.25) is 5.91 Å². The van der Waals surface area contributed by atoms with E-state index in [9.17, 15) is 9.59 Å². The van der Waals surface area contributed by atoms with Gasteiger partial charge in [0.05, 0.1) is 0 Å². The van der Waals surface area contributed by atoms with Crippen LogP contribution in [0.2, 0.25) is 0 Å². The average Bonchev–Trinajstić information content (AvgIpc) is 2.61. The van der Waals surface area contributed by atoms with Gasteiger partial charge in [-0.2, -0.15) is 0 Å². The Kier molecular flexibility index (Phi) is 6.21. The van der Waals surface area contributed by atoms with Crippen molar-refractivity contribution in [3.05, 3.63) is 28.5 Å². The first kappa shape index (κ1) is 18.7. The van der Waals surface area contributed by atoms with Crippen LogP contribution in [0.15, 0.2) is 22.9 Å². The molecule has 1 fully saturated rings. The summed E-state index contributed by atoms with van der Waals surface area (Å²) in [5.41, 5.74) is 0.371. The van der Waals surface area contributed by atoms with Crippen molar-refractivity contribution in [3.8, 4) is 0 Å². The summed E-state index contributed by atoms with van der Waals surface area (Å²) in [6.45, 7) is 6.56. The van der Waals surface area contributed by atoms with Gasteiger partial charge < -0.3 is 15.0 Å². The van der Waals surface area contributed by atoms with E-state index < -0.39 is 17.7 Å². The molecule has 1 aromatic heterocycles. The van der Waals surface area contributed by atoms with E-state index in [1.54, 1.807) is 38.1 Å². The van der Waals surface area contributed by atoms with Gasteiger partial charge >= 0.3 is 6.09 Å². The first-order chi connectivity index (χ1) is 11.2. The van der Waals surface area contributed by atoms with E-state index in [1.165, 1.54) is 0 Å². The van der Waals surface area contributed by atoms with Crippen molar-refractivity contribution in [2.24, 2.45) is 0 Å². The summed E-state index contributed by atoms with van der Waals surface area (Å²) in [6, 6.07) is 1.41. The fraction of sp³-hybridized carbons (Fsp3) is 0.588. The van der Waals surface area contributed by atoms with Crippen LogP contribution in [0.4, 0.5) is 4.79 Å². The average molecular weight is 398 g/mol. The minimum Gasteiger partial charge on any atom is -0.444 e. The largest absolute Gasteiger partial charge is 0.444 e. The van der Waals surface area contributed by atoms with Gasteiger partial charge in [-0.05, 0) is 67.6 Å². The molecular weight excluding hydrogens is 374 g/mol. The summed E-state index contributed by atoms with van der Waals surface area (Å²) < 4.78 is 6.14. The Morgan fingerprint density at radius 2 is 2.17 bits per heavy atom. The van der Waals surface area contributed by atoms with Gasteiger partial charge in [-0.15, -0.1) is 0 Å². The third kappa shape index (κ3) is 5.78. The van der Waals surface area contributed by atoms with Gasteiger partial charge in [0.1, 0.15) is 11.6 Å². The molecule has 1 aromatic rings. The van der Waals surface area contributed by atoms with Gasteiger partial charge in [-0.3, -0.25) is 9.78 Å². The van der Waals surface area contributed by atoms with E-state index >= 15 is 0 Å². The molecule has 7 heteroatoms. The number of alkyl carbamates (subject to hydrolysis) is 1. The summed E-state index contributed by atoms with van der Waals surface area (Å²) in [4.78, 5) is 30.6. The SMILES string of the molecule is CC(C)(C)OC(=O)N[C@H]1CCCCN(Cc2cncc(Br)c2)C1=O. The summed E-state index contributed by atoms with van der Waals surface area (Å²) >= 11 is 3.39. The second-order valence-corrected chi connectivity index (χ2v) is 7.88. The number of hydrogen-bond donors (Lipinski definition) is 1. The predicted octanol–water partition coefficient (Wildman–Crippen LogP) is 3.25. The smallest absolute Gasteiger partial charge is 0.408 e. The number of carbonyl (C=O) groups is 2. The molecule has 132 valence electrons. The second kappa shape index (κ2) is 7.96. The molecule has 1 saturated heterocycles. The number of amides is 2. The highest BCUT2D eigenvalue weighted by atomic mass is 79.9. The molecule has 0 aliphatic carbocycles. The molecule has 0 spiro atoms. The molecule has 2 rings (SSSR count). The van der Waals surface area contributed by atoms with Gasteiger partial charge in [-0.1, -0.05) is 0 Å². The number of ether oxygens (including phenoxy) is 1. The molecular formula is C17H24BrN3O3. The van der Waals surface area contributed by atoms with E-state index in [4.69, 9.17) is 4.74 Å². The van der Waals surface area contributed by atoms with Crippen LogP contribution in [0.3, 0.4) is 0 Å². The third-order valence-electron chi connectivity index (χ3n) is 3.61. The van der Waals surface area contributed by atoms with Gasteiger partial charge in [0.15, 0.2) is 0 Å². The fourth-order valence-electron chi connectivity index (χ4n) is 2.61. The summed E-state index contributed by atoms with van der Waals surface area (Å²) in [5, 5.41) is 2.72. The quantitative estimate of drug-likeness (QED) is 0.849. The highest BCUT2D eigenvalue weighted by Crippen LogP contribution is 2.17. The lowest BCUT2D eigenvalue weighted by Crippen LogP contribution is -2.48. The first-order valence-electron chi connectivity index (χ1n) is 8.12. The van der Waals surface area contributed by atoms with Crippen molar-refractivity contribution in [2.45, 2.75) is 58.2 Å². The number of nitrogens with zero attached hydrogens (tertiary/aromatic N) is 2. The van der Waals surface area contributed by atoms with Gasteiger partial charge in [0.25, 0.3) is 0 Å². The Bertz CT molecular complexity index is 601.